The molecule has 0 saturated heterocycles. The van der Waals surface area contributed by atoms with Gasteiger partial charge in [-0.15, -0.1) is 0 Å². The maximum Gasteiger partial charge on any atom is 0.0813 e. The Hall–Kier alpha value is -1.93. The number of hydrogen-bond acceptors (Lipinski definition) is 2. The zero-order valence-corrected chi connectivity index (χ0v) is 12.4. The lowest BCUT2D eigenvalue weighted by Gasteiger charge is -2.35. The van der Waals surface area contributed by atoms with Crippen molar-refractivity contribution in [2.75, 3.05) is 0 Å². The third-order valence-electron chi connectivity index (χ3n) is 4.67. The standard InChI is InChI=1S/C19H19NO/c1-19(2)9-15-14-8-7-12-5-3-4-6-13(12)18(14)20-11-16(15)17(21)10-19/h3-8,11,17,21H,9-10H2,1-2H3. The van der Waals surface area contributed by atoms with Gasteiger partial charge < -0.3 is 5.11 Å². The van der Waals surface area contributed by atoms with Gasteiger partial charge in [0.05, 0.1) is 11.6 Å². The highest BCUT2D eigenvalue weighted by Gasteiger charge is 2.32. The van der Waals surface area contributed by atoms with E-state index in [1.165, 1.54) is 21.7 Å². The molecule has 106 valence electrons. The highest BCUT2D eigenvalue weighted by atomic mass is 16.3. The van der Waals surface area contributed by atoms with Crippen LogP contribution in [-0.4, -0.2) is 10.1 Å². The van der Waals surface area contributed by atoms with Crippen LogP contribution in [-0.2, 0) is 6.42 Å². The first kappa shape index (κ1) is 12.8. The molecule has 1 heterocycles. The molecule has 0 amide bonds. The predicted octanol–water partition coefficient (Wildman–Crippen LogP) is 4.39. The second kappa shape index (κ2) is 4.28. The minimum atomic E-state index is -0.396. The quantitative estimate of drug-likeness (QED) is 0.618. The third-order valence-corrected chi connectivity index (χ3v) is 4.67. The van der Waals surface area contributed by atoms with Gasteiger partial charge >= 0.3 is 0 Å². The molecule has 4 rings (SSSR count). The Balaban J connectivity index is 2.08. The van der Waals surface area contributed by atoms with Crippen LogP contribution in [0.1, 0.15) is 37.5 Å². The zero-order chi connectivity index (χ0) is 14.6. The van der Waals surface area contributed by atoms with E-state index >= 15 is 0 Å². The molecule has 2 heteroatoms. The number of aliphatic hydroxyl groups excluding tert-OH is 1. The number of aromatic nitrogens is 1. The van der Waals surface area contributed by atoms with E-state index < -0.39 is 6.10 Å². The Kier molecular flexibility index (Phi) is 2.61. The smallest absolute Gasteiger partial charge is 0.0813 e. The summed E-state index contributed by atoms with van der Waals surface area (Å²) in [6.45, 7) is 4.46. The normalized spacial score (nSPS) is 20.6. The molecule has 0 aliphatic heterocycles. The molecule has 1 N–H and O–H groups in total. The summed E-state index contributed by atoms with van der Waals surface area (Å²) < 4.78 is 0. The fourth-order valence-corrected chi connectivity index (χ4v) is 3.67. The highest BCUT2D eigenvalue weighted by molar-refractivity contribution is 6.06. The van der Waals surface area contributed by atoms with Gasteiger partial charge in [0.25, 0.3) is 0 Å². The molecule has 1 aliphatic carbocycles. The van der Waals surface area contributed by atoms with Gasteiger partial charge in [0.15, 0.2) is 0 Å². The molecule has 0 bridgehead atoms. The molecule has 2 nitrogen and oxygen atoms in total. The maximum atomic E-state index is 10.4. The van der Waals surface area contributed by atoms with Crippen LogP contribution < -0.4 is 0 Å². The van der Waals surface area contributed by atoms with E-state index in [2.05, 4.69) is 55.2 Å². The SMILES string of the molecule is CC1(C)Cc2c(cnc3c2ccc2ccccc23)C(O)C1. The molecule has 1 aromatic heterocycles. The maximum absolute atomic E-state index is 10.4. The van der Waals surface area contributed by atoms with Crippen LogP contribution in [0.4, 0.5) is 0 Å². The molecule has 1 unspecified atom stereocenters. The fraction of sp³-hybridized carbons (Fsp3) is 0.316. The van der Waals surface area contributed by atoms with Gasteiger partial charge in [0, 0.05) is 22.5 Å². The first-order valence-corrected chi connectivity index (χ1v) is 7.52. The molecule has 0 spiro atoms. The van der Waals surface area contributed by atoms with Gasteiger partial charge in [0.2, 0.25) is 0 Å². The van der Waals surface area contributed by atoms with Crippen molar-refractivity contribution in [1.82, 2.24) is 4.98 Å². The zero-order valence-electron chi connectivity index (χ0n) is 12.4. The molecular formula is C19H19NO. The summed E-state index contributed by atoms with van der Waals surface area (Å²) in [4.78, 5) is 4.66. The van der Waals surface area contributed by atoms with Crippen LogP contribution in [0.5, 0.6) is 0 Å². The molecular weight excluding hydrogens is 258 g/mol. The van der Waals surface area contributed by atoms with Crippen LogP contribution in [0.15, 0.2) is 42.6 Å². The summed E-state index contributed by atoms with van der Waals surface area (Å²) in [6, 6.07) is 12.7. The highest BCUT2D eigenvalue weighted by Crippen LogP contribution is 2.43. The predicted molar refractivity (Wildman–Crippen MR) is 86.3 cm³/mol. The summed E-state index contributed by atoms with van der Waals surface area (Å²) >= 11 is 0. The van der Waals surface area contributed by atoms with E-state index in [4.69, 9.17) is 0 Å². The third kappa shape index (κ3) is 1.94. The van der Waals surface area contributed by atoms with E-state index in [1.807, 2.05) is 6.20 Å². The second-order valence-electron chi connectivity index (χ2n) is 6.94. The summed E-state index contributed by atoms with van der Waals surface area (Å²) in [5.74, 6) is 0. The van der Waals surface area contributed by atoms with E-state index in [0.29, 0.717) is 0 Å². The summed E-state index contributed by atoms with van der Waals surface area (Å²) in [5, 5.41) is 14.0. The van der Waals surface area contributed by atoms with Crippen molar-refractivity contribution < 1.29 is 5.11 Å². The van der Waals surface area contributed by atoms with Gasteiger partial charge in [-0.05, 0) is 29.2 Å². The Bertz CT molecular complexity index is 851. The number of rotatable bonds is 0. The van der Waals surface area contributed by atoms with Gasteiger partial charge in [-0.25, -0.2) is 0 Å². The van der Waals surface area contributed by atoms with Crippen molar-refractivity contribution >= 4 is 21.7 Å². The van der Waals surface area contributed by atoms with Gasteiger partial charge in [-0.3, -0.25) is 4.98 Å². The van der Waals surface area contributed by atoms with Crippen molar-refractivity contribution in [3.05, 3.63) is 53.7 Å². The lowest BCUT2D eigenvalue weighted by Crippen LogP contribution is -2.26. The van der Waals surface area contributed by atoms with Crippen molar-refractivity contribution in [3.63, 3.8) is 0 Å². The van der Waals surface area contributed by atoms with Gasteiger partial charge in [-0.1, -0.05) is 50.2 Å². The van der Waals surface area contributed by atoms with Crippen LogP contribution in [0.3, 0.4) is 0 Å². The first-order valence-electron chi connectivity index (χ1n) is 7.52. The lowest BCUT2D eigenvalue weighted by molar-refractivity contribution is 0.100. The molecule has 2 aromatic carbocycles. The number of fused-ring (bicyclic) bond motifs is 5. The molecule has 3 aromatic rings. The fourth-order valence-electron chi connectivity index (χ4n) is 3.67. The van der Waals surface area contributed by atoms with E-state index in [0.717, 1.165) is 23.9 Å². The van der Waals surface area contributed by atoms with Crippen molar-refractivity contribution in [2.24, 2.45) is 5.41 Å². The number of aliphatic hydroxyl groups is 1. The van der Waals surface area contributed by atoms with E-state index in [1.54, 1.807) is 0 Å². The Morgan fingerprint density at radius 2 is 1.90 bits per heavy atom. The lowest BCUT2D eigenvalue weighted by atomic mass is 9.72. The number of pyridine rings is 1. The minimum Gasteiger partial charge on any atom is -0.388 e. The Morgan fingerprint density at radius 1 is 1.10 bits per heavy atom. The molecule has 0 fully saturated rings. The number of nitrogens with zero attached hydrogens (tertiary/aromatic N) is 1. The molecule has 0 saturated carbocycles. The molecule has 0 radical (unpaired) electrons. The Morgan fingerprint density at radius 3 is 2.76 bits per heavy atom. The van der Waals surface area contributed by atoms with Crippen LogP contribution in [0.25, 0.3) is 21.7 Å². The molecule has 1 aliphatic rings. The van der Waals surface area contributed by atoms with E-state index in [-0.39, 0.29) is 5.41 Å². The monoisotopic (exact) mass is 277 g/mol. The summed E-state index contributed by atoms with van der Waals surface area (Å²) in [6.07, 6.45) is 3.29. The van der Waals surface area contributed by atoms with Gasteiger partial charge in [0.1, 0.15) is 0 Å². The summed E-state index contributed by atoms with van der Waals surface area (Å²) in [7, 11) is 0. The number of hydrogen-bond donors (Lipinski definition) is 1. The summed E-state index contributed by atoms with van der Waals surface area (Å²) in [5.41, 5.74) is 3.47. The first-order chi connectivity index (χ1) is 10.1. The number of benzene rings is 2. The average Bonchev–Trinajstić information content (AvgIpc) is 2.45. The average molecular weight is 277 g/mol. The van der Waals surface area contributed by atoms with Crippen LogP contribution in [0.2, 0.25) is 0 Å². The topological polar surface area (TPSA) is 33.1 Å². The molecule has 1 atom stereocenters. The van der Waals surface area contributed by atoms with Crippen molar-refractivity contribution in [1.29, 1.82) is 0 Å². The van der Waals surface area contributed by atoms with Crippen molar-refractivity contribution in [3.8, 4) is 0 Å². The van der Waals surface area contributed by atoms with Crippen molar-refractivity contribution in [2.45, 2.75) is 32.8 Å². The van der Waals surface area contributed by atoms with Crippen LogP contribution in [0, 0.1) is 5.41 Å². The minimum absolute atomic E-state index is 0.131. The Labute approximate surface area is 124 Å². The second-order valence-corrected chi connectivity index (χ2v) is 6.94. The largest absolute Gasteiger partial charge is 0.388 e. The molecule has 21 heavy (non-hydrogen) atoms. The van der Waals surface area contributed by atoms with Gasteiger partial charge in [-0.2, -0.15) is 0 Å². The van der Waals surface area contributed by atoms with Crippen LogP contribution >= 0.6 is 0 Å². The van der Waals surface area contributed by atoms with E-state index in [9.17, 15) is 5.11 Å².